The first kappa shape index (κ1) is 76.6. The smallest absolute Gasteiger partial charge is 0.306 e. The third kappa shape index (κ3) is 65.4. The summed E-state index contributed by atoms with van der Waals surface area (Å²) >= 11 is 0. The first-order chi connectivity index (χ1) is 39.5. The van der Waals surface area contributed by atoms with Crippen LogP contribution in [0, 0.1) is 0 Å². The average Bonchev–Trinajstić information content (AvgIpc) is 3.46. The lowest BCUT2D eigenvalue weighted by atomic mass is 10.0. The van der Waals surface area contributed by atoms with E-state index < -0.39 is 6.10 Å². The zero-order valence-electron chi connectivity index (χ0n) is 53.1. The number of carbonyl (C=O) groups is 3. The maximum Gasteiger partial charge on any atom is 0.306 e. The molecule has 0 saturated heterocycles. The summed E-state index contributed by atoms with van der Waals surface area (Å²) in [6.07, 6.45) is 90.5. The van der Waals surface area contributed by atoms with Crippen molar-refractivity contribution >= 4 is 17.9 Å². The van der Waals surface area contributed by atoms with Gasteiger partial charge in [0.05, 0.1) is 0 Å². The number of carbonyl (C=O) groups excluding carboxylic acids is 3. The van der Waals surface area contributed by atoms with Crippen LogP contribution < -0.4 is 0 Å². The highest BCUT2D eigenvalue weighted by Gasteiger charge is 2.19. The molecule has 1 unspecified atom stereocenters. The molecule has 0 heterocycles. The lowest BCUT2D eigenvalue weighted by Gasteiger charge is -2.18. The van der Waals surface area contributed by atoms with Crippen LogP contribution in [-0.4, -0.2) is 37.2 Å². The fourth-order valence-corrected chi connectivity index (χ4v) is 10.0. The van der Waals surface area contributed by atoms with Crippen LogP contribution >= 0.6 is 0 Å². The number of ether oxygens (including phenoxy) is 3. The van der Waals surface area contributed by atoms with Crippen molar-refractivity contribution in [3.8, 4) is 0 Å². The molecule has 0 aliphatic heterocycles. The van der Waals surface area contributed by atoms with Crippen LogP contribution in [-0.2, 0) is 28.6 Å². The van der Waals surface area contributed by atoms with Gasteiger partial charge in [0.2, 0.25) is 0 Å². The molecule has 0 aliphatic carbocycles. The van der Waals surface area contributed by atoms with Gasteiger partial charge in [0.1, 0.15) is 13.2 Å². The summed E-state index contributed by atoms with van der Waals surface area (Å²) in [5, 5.41) is 0. The molecule has 0 rings (SSSR count). The van der Waals surface area contributed by atoms with Crippen LogP contribution in [0.5, 0.6) is 0 Å². The van der Waals surface area contributed by atoms with Crippen LogP contribution in [0.4, 0.5) is 0 Å². The highest BCUT2D eigenvalue weighted by Crippen LogP contribution is 2.18. The third-order valence-corrected chi connectivity index (χ3v) is 15.2. The summed E-state index contributed by atoms with van der Waals surface area (Å²) in [4.78, 5) is 38.3. The van der Waals surface area contributed by atoms with E-state index in [0.29, 0.717) is 19.3 Å². The van der Waals surface area contributed by atoms with Crippen molar-refractivity contribution in [2.45, 2.75) is 354 Å². The number of esters is 3. The van der Waals surface area contributed by atoms with Gasteiger partial charge in [-0.25, -0.2) is 0 Å². The van der Waals surface area contributed by atoms with Gasteiger partial charge in [-0.3, -0.25) is 14.4 Å². The van der Waals surface area contributed by atoms with Gasteiger partial charge >= 0.3 is 17.9 Å². The Morgan fingerprint density at radius 1 is 0.263 bits per heavy atom. The van der Waals surface area contributed by atoms with Gasteiger partial charge in [0, 0.05) is 19.3 Å². The minimum Gasteiger partial charge on any atom is -0.462 e. The molecule has 1 atom stereocenters. The molecule has 0 aromatic heterocycles. The Hall–Kier alpha value is -3.41. The van der Waals surface area contributed by atoms with Crippen molar-refractivity contribution in [2.75, 3.05) is 13.2 Å². The molecule has 0 aromatic carbocycles. The van der Waals surface area contributed by atoms with E-state index in [2.05, 4.69) is 106 Å². The third-order valence-electron chi connectivity index (χ3n) is 15.2. The molecule has 462 valence electrons. The van der Waals surface area contributed by atoms with Crippen LogP contribution in [0.2, 0.25) is 0 Å². The summed E-state index contributed by atoms with van der Waals surface area (Å²) in [6.45, 7) is 6.53. The fourth-order valence-electron chi connectivity index (χ4n) is 10.0. The van der Waals surface area contributed by atoms with Crippen molar-refractivity contribution in [3.05, 3.63) is 85.1 Å². The zero-order chi connectivity index (χ0) is 57.8. The predicted molar refractivity (Wildman–Crippen MR) is 348 cm³/mol. The van der Waals surface area contributed by atoms with E-state index in [9.17, 15) is 14.4 Å². The van der Waals surface area contributed by atoms with E-state index in [0.717, 1.165) is 89.9 Å². The summed E-state index contributed by atoms with van der Waals surface area (Å²) < 4.78 is 16.9. The fraction of sp³-hybridized carbons (Fsp3) is 0.770. The van der Waals surface area contributed by atoms with Crippen LogP contribution in [0.1, 0.15) is 348 Å². The van der Waals surface area contributed by atoms with Gasteiger partial charge < -0.3 is 14.2 Å². The van der Waals surface area contributed by atoms with E-state index >= 15 is 0 Å². The van der Waals surface area contributed by atoms with Crippen LogP contribution in [0.3, 0.4) is 0 Å². The lowest BCUT2D eigenvalue weighted by Crippen LogP contribution is -2.30. The molecular formula is C74H130O6. The Bertz CT molecular complexity index is 1520. The van der Waals surface area contributed by atoms with Crippen molar-refractivity contribution in [2.24, 2.45) is 0 Å². The maximum absolute atomic E-state index is 12.9. The molecule has 0 fully saturated rings. The zero-order valence-corrected chi connectivity index (χ0v) is 53.1. The molecule has 0 saturated carbocycles. The number of allylic oxidation sites excluding steroid dienone is 14. The standard InChI is InChI=1S/C74H130O6/c1-4-7-10-13-16-19-22-25-27-29-31-33-35-36-37-38-40-41-43-45-47-49-52-55-58-61-64-67-73(76)79-70-71(69-78-72(75)66-63-60-57-54-51-24-21-18-15-12-9-6-3)80-74(77)68-65-62-59-56-53-50-48-46-44-42-39-34-32-30-28-26-23-20-17-14-11-8-5-2/h8,11,17,20,26,28,32,34,42,44,48,50,56,59,71H,4-7,9-10,12-16,18-19,21-25,27,29-31,33,35-41,43,45-47,49,51-55,57-58,60-70H2,1-3H3/b11-8-,20-17-,28-26-,34-32-,44-42-,50-48-,59-56-. The van der Waals surface area contributed by atoms with Crippen molar-refractivity contribution < 1.29 is 28.6 Å². The second kappa shape index (κ2) is 68.1. The quantitative estimate of drug-likeness (QED) is 0.0261. The van der Waals surface area contributed by atoms with Crippen molar-refractivity contribution in [1.82, 2.24) is 0 Å². The normalized spacial score (nSPS) is 12.6. The molecule has 0 aromatic rings. The SMILES string of the molecule is CC/C=C\C/C=C\C/C=C\C/C=C\C/C=C\C/C=C\C/C=C\CCCC(=O)OC(COC(=O)CCCCCCCCCCCCCC)COC(=O)CCCCCCCCCCCCCCCCCCCCCCCCCCCCC. The first-order valence-corrected chi connectivity index (χ1v) is 34.6. The second-order valence-corrected chi connectivity index (χ2v) is 23.1. The van der Waals surface area contributed by atoms with E-state index in [1.54, 1.807) is 0 Å². The van der Waals surface area contributed by atoms with Crippen LogP contribution in [0.25, 0.3) is 0 Å². The molecule has 6 nitrogen and oxygen atoms in total. The summed E-state index contributed by atoms with van der Waals surface area (Å²) in [6, 6.07) is 0. The van der Waals surface area contributed by atoms with E-state index in [4.69, 9.17) is 14.2 Å². The minimum atomic E-state index is -0.806. The molecule has 0 amide bonds. The van der Waals surface area contributed by atoms with Crippen LogP contribution in [0.15, 0.2) is 85.1 Å². The highest BCUT2D eigenvalue weighted by molar-refractivity contribution is 5.71. The molecule has 6 heteroatoms. The molecule has 0 spiro atoms. The van der Waals surface area contributed by atoms with Gasteiger partial charge in [-0.1, -0.05) is 343 Å². The van der Waals surface area contributed by atoms with Gasteiger partial charge in [-0.15, -0.1) is 0 Å². The van der Waals surface area contributed by atoms with E-state index in [-0.39, 0.29) is 37.5 Å². The number of unbranched alkanes of at least 4 members (excludes halogenated alkanes) is 38. The Balaban J connectivity index is 4.31. The van der Waals surface area contributed by atoms with E-state index in [1.165, 1.54) is 212 Å². The largest absolute Gasteiger partial charge is 0.462 e. The lowest BCUT2D eigenvalue weighted by molar-refractivity contribution is -0.167. The van der Waals surface area contributed by atoms with Gasteiger partial charge in [-0.05, 0) is 70.6 Å². The summed E-state index contributed by atoms with van der Waals surface area (Å²) in [5.41, 5.74) is 0. The van der Waals surface area contributed by atoms with Gasteiger partial charge in [-0.2, -0.15) is 0 Å². The van der Waals surface area contributed by atoms with Crippen molar-refractivity contribution in [1.29, 1.82) is 0 Å². The Labute approximate surface area is 496 Å². The minimum absolute atomic E-state index is 0.0954. The van der Waals surface area contributed by atoms with Gasteiger partial charge in [0.15, 0.2) is 6.10 Å². The Morgan fingerprint density at radius 3 is 0.750 bits per heavy atom. The van der Waals surface area contributed by atoms with Crippen molar-refractivity contribution in [3.63, 3.8) is 0 Å². The number of hydrogen-bond acceptors (Lipinski definition) is 6. The molecular weight excluding hydrogens is 985 g/mol. The summed E-state index contributed by atoms with van der Waals surface area (Å²) in [5.74, 6) is -0.938. The highest BCUT2D eigenvalue weighted by atomic mass is 16.6. The molecule has 0 bridgehead atoms. The maximum atomic E-state index is 12.9. The average molecular weight is 1120 g/mol. The predicted octanol–water partition coefficient (Wildman–Crippen LogP) is 23.8. The second-order valence-electron chi connectivity index (χ2n) is 23.1. The monoisotopic (exact) mass is 1110 g/mol. The van der Waals surface area contributed by atoms with Gasteiger partial charge in [0.25, 0.3) is 0 Å². The topological polar surface area (TPSA) is 78.9 Å². The Morgan fingerprint density at radius 2 is 0.487 bits per heavy atom. The Kier molecular flexibility index (Phi) is 65.2. The molecule has 80 heavy (non-hydrogen) atoms. The number of rotatable bonds is 63. The molecule has 0 aliphatic rings. The molecule has 0 radical (unpaired) electrons. The molecule has 0 N–H and O–H groups in total. The first-order valence-electron chi connectivity index (χ1n) is 34.6. The number of hydrogen-bond donors (Lipinski definition) is 0. The van der Waals surface area contributed by atoms with E-state index in [1.807, 2.05) is 0 Å². The summed E-state index contributed by atoms with van der Waals surface area (Å²) in [7, 11) is 0.